The summed E-state index contributed by atoms with van der Waals surface area (Å²) in [6.45, 7) is 17.1. The Kier molecular flexibility index (Phi) is 42.1. The summed E-state index contributed by atoms with van der Waals surface area (Å²) in [6, 6.07) is 0. The number of aliphatic hydroxyl groups excluding tert-OH is 1. The van der Waals surface area contributed by atoms with Gasteiger partial charge in [-0.15, -0.1) is 0 Å². The maximum absolute atomic E-state index is 12.8. The van der Waals surface area contributed by atoms with Gasteiger partial charge >= 0.3 is 5.97 Å². The number of allylic oxidation sites excluding steroid dienone is 1. The van der Waals surface area contributed by atoms with E-state index in [1.807, 2.05) is 0 Å². The van der Waals surface area contributed by atoms with Crippen molar-refractivity contribution in [3.63, 3.8) is 0 Å². The van der Waals surface area contributed by atoms with Gasteiger partial charge in [-0.2, -0.15) is 0 Å². The molecule has 54 heavy (non-hydrogen) atoms. The van der Waals surface area contributed by atoms with Crippen molar-refractivity contribution in [2.24, 2.45) is 0 Å². The van der Waals surface area contributed by atoms with E-state index in [1.54, 1.807) is 0 Å². The predicted octanol–water partition coefficient (Wildman–Crippen LogP) is 13.6. The minimum atomic E-state index is 0.0316. The number of carbonyl (C=O) groups is 1. The van der Waals surface area contributed by atoms with Gasteiger partial charge in [-0.25, -0.2) is 0 Å². The number of nitrogens with zero attached hydrogens (tertiary/aromatic N) is 2. The summed E-state index contributed by atoms with van der Waals surface area (Å²) in [5, 5.41) is 9.34. The monoisotopic (exact) mass is 765 g/mol. The lowest BCUT2D eigenvalue weighted by Gasteiger charge is -2.25. The van der Waals surface area contributed by atoms with Crippen molar-refractivity contribution in [2.75, 3.05) is 53.0 Å². The topological polar surface area (TPSA) is 62.2 Å². The van der Waals surface area contributed by atoms with E-state index in [0.29, 0.717) is 6.42 Å². The molecular weight excluding hydrogens is 669 g/mol. The Morgan fingerprint density at radius 3 is 1.46 bits per heavy atom. The molecule has 0 rings (SSSR count). The second-order valence-electron chi connectivity index (χ2n) is 16.6. The summed E-state index contributed by atoms with van der Waals surface area (Å²) in [5.74, 6) is 0.996. The second-order valence-corrected chi connectivity index (χ2v) is 16.6. The lowest BCUT2D eigenvalue weighted by Crippen LogP contribution is -2.35. The van der Waals surface area contributed by atoms with Crippen molar-refractivity contribution in [3.05, 3.63) is 12.3 Å². The third-order valence-electron chi connectivity index (χ3n) is 11.2. The van der Waals surface area contributed by atoms with Crippen LogP contribution in [0.1, 0.15) is 233 Å². The number of likely N-dealkylation sites (N-methyl/N-ethyl adjacent to an activating group) is 1. The van der Waals surface area contributed by atoms with Crippen LogP contribution in [0.15, 0.2) is 12.3 Å². The highest BCUT2D eigenvalue weighted by molar-refractivity contribution is 5.69. The molecule has 1 N–H and O–H groups in total. The molecule has 0 radical (unpaired) electrons. The zero-order valence-electron chi connectivity index (χ0n) is 37.1. The Morgan fingerprint density at radius 1 is 0.519 bits per heavy atom. The van der Waals surface area contributed by atoms with Crippen LogP contribution < -0.4 is 0 Å². The molecule has 0 saturated heterocycles. The van der Waals surface area contributed by atoms with Gasteiger partial charge < -0.3 is 24.4 Å². The van der Waals surface area contributed by atoms with E-state index in [0.717, 1.165) is 90.0 Å². The van der Waals surface area contributed by atoms with Crippen molar-refractivity contribution in [2.45, 2.75) is 239 Å². The first-order chi connectivity index (χ1) is 26.5. The van der Waals surface area contributed by atoms with Crippen molar-refractivity contribution in [1.82, 2.24) is 9.80 Å². The van der Waals surface area contributed by atoms with Crippen LogP contribution in [0.5, 0.6) is 0 Å². The van der Waals surface area contributed by atoms with E-state index in [2.05, 4.69) is 44.2 Å². The minimum Gasteiger partial charge on any atom is -0.499 e. The molecule has 0 bridgehead atoms. The first-order valence-corrected chi connectivity index (χ1v) is 24.0. The highest BCUT2D eigenvalue weighted by atomic mass is 16.5. The van der Waals surface area contributed by atoms with Gasteiger partial charge in [0.2, 0.25) is 0 Å². The number of ether oxygens (including phenoxy) is 2. The van der Waals surface area contributed by atoms with Gasteiger partial charge in [-0.05, 0) is 77.9 Å². The molecule has 0 aromatic carbocycles. The Balaban J connectivity index is 4.26. The summed E-state index contributed by atoms with van der Waals surface area (Å²) >= 11 is 0. The van der Waals surface area contributed by atoms with Crippen LogP contribution in [0.2, 0.25) is 0 Å². The first kappa shape index (κ1) is 52.9. The SMILES string of the molecule is C=C(CCCCCN(CCCCCCCC(=O)OC(CCCCCCCC)CCCCCCCC)CCN(C)CCO)OCCCCCCCCCCC. The van der Waals surface area contributed by atoms with Gasteiger partial charge in [-0.3, -0.25) is 4.79 Å². The summed E-state index contributed by atoms with van der Waals surface area (Å²) in [5.41, 5.74) is 0. The van der Waals surface area contributed by atoms with Crippen LogP contribution in [0.4, 0.5) is 0 Å². The smallest absolute Gasteiger partial charge is 0.306 e. The van der Waals surface area contributed by atoms with E-state index >= 15 is 0 Å². The van der Waals surface area contributed by atoms with Crippen molar-refractivity contribution >= 4 is 5.97 Å². The average molecular weight is 765 g/mol. The van der Waals surface area contributed by atoms with Crippen LogP contribution in [-0.2, 0) is 14.3 Å². The quantitative estimate of drug-likeness (QED) is 0.0378. The molecule has 0 spiro atoms. The summed E-state index contributed by atoms with van der Waals surface area (Å²) in [7, 11) is 2.10. The molecule has 0 amide bonds. The number of unbranched alkanes of at least 4 members (excludes halogenated alkanes) is 24. The minimum absolute atomic E-state index is 0.0316. The molecule has 0 atom stereocenters. The molecule has 0 aliphatic rings. The lowest BCUT2D eigenvalue weighted by molar-refractivity contribution is -0.150. The van der Waals surface area contributed by atoms with E-state index in [1.165, 1.54) is 161 Å². The largest absolute Gasteiger partial charge is 0.499 e. The van der Waals surface area contributed by atoms with Crippen molar-refractivity contribution < 1.29 is 19.4 Å². The highest BCUT2D eigenvalue weighted by Crippen LogP contribution is 2.19. The average Bonchev–Trinajstić information content (AvgIpc) is 3.16. The van der Waals surface area contributed by atoms with Gasteiger partial charge in [0.25, 0.3) is 0 Å². The van der Waals surface area contributed by atoms with Crippen LogP contribution in [-0.4, -0.2) is 80.0 Å². The van der Waals surface area contributed by atoms with Gasteiger partial charge in [0.1, 0.15) is 6.10 Å². The molecule has 6 heteroatoms. The molecule has 0 fully saturated rings. The molecule has 0 unspecified atom stereocenters. The molecule has 0 saturated carbocycles. The van der Waals surface area contributed by atoms with E-state index < -0.39 is 0 Å². The zero-order valence-corrected chi connectivity index (χ0v) is 37.1. The molecule has 0 aromatic rings. The number of rotatable bonds is 45. The molecule has 322 valence electrons. The van der Waals surface area contributed by atoms with Crippen LogP contribution in [0.25, 0.3) is 0 Å². The third-order valence-corrected chi connectivity index (χ3v) is 11.2. The first-order valence-electron chi connectivity index (χ1n) is 24.0. The lowest BCUT2D eigenvalue weighted by atomic mass is 10.0. The Morgan fingerprint density at radius 2 is 0.944 bits per heavy atom. The maximum Gasteiger partial charge on any atom is 0.306 e. The number of carbonyl (C=O) groups excluding carboxylic acids is 1. The normalized spacial score (nSPS) is 11.7. The zero-order chi connectivity index (χ0) is 39.6. The fourth-order valence-electron chi connectivity index (χ4n) is 7.41. The fourth-order valence-corrected chi connectivity index (χ4v) is 7.41. The molecule has 6 nitrogen and oxygen atoms in total. The van der Waals surface area contributed by atoms with E-state index in [4.69, 9.17) is 9.47 Å². The predicted molar refractivity (Wildman–Crippen MR) is 235 cm³/mol. The molecule has 0 aromatic heterocycles. The summed E-state index contributed by atoms with van der Waals surface area (Å²) in [6.07, 6.45) is 40.5. The molecule has 0 aliphatic heterocycles. The van der Waals surface area contributed by atoms with Crippen LogP contribution >= 0.6 is 0 Å². The summed E-state index contributed by atoms with van der Waals surface area (Å²) < 4.78 is 12.0. The Labute approximate surface area is 338 Å². The summed E-state index contributed by atoms with van der Waals surface area (Å²) in [4.78, 5) is 17.6. The van der Waals surface area contributed by atoms with Crippen LogP contribution in [0.3, 0.4) is 0 Å². The molecular formula is C48H96N2O4. The Hall–Kier alpha value is -1.11. The van der Waals surface area contributed by atoms with Gasteiger partial charge in [0.05, 0.1) is 19.0 Å². The third kappa shape index (κ3) is 39.1. The van der Waals surface area contributed by atoms with E-state index in [-0.39, 0.29) is 18.7 Å². The van der Waals surface area contributed by atoms with Crippen molar-refractivity contribution in [3.8, 4) is 0 Å². The van der Waals surface area contributed by atoms with Crippen LogP contribution in [0, 0.1) is 0 Å². The second kappa shape index (κ2) is 43.0. The van der Waals surface area contributed by atoms with E-state index in [9.17, 15) is 9.90 Å². The number of esters is 1. The Bertz CT molecular complexity index is 762. The van der Waals surface area contributed by atoms with Gasteiger partial charge in [0.15, 0.2) is 0 Å². The standard InChI is InChI=1S/C48H96N2O4/c1-6-9-12-15-18-19-20-26-34-45-53-46(4)35-28-27-33-40-50(42-41-49(5)43-44-51)39-32-25-21-24-31-38-48(52)54-47(36-29-22-16-13-10-7-2)37-30-23-17-14-11-8-3/h47,51H,4,6-45H2,1-3,5H3. The number of hydrogen-bond acceptors (Lipinski definition) is 6. The molecule has 0 aliphatic carbocycles. The van der Waals surface area contributed by atoms with Gasteiger partial charge in [-0.1, -0.05) is 169 Å². The maximum atomic E-state index is 12.8. The fraction of sp³-hybridized carbons (Fsp3) is 0.938. The highest BCUT2D eigenvalue weighted by Gasteiger charge is 2.14. The number of aliphatic hydroxyl groups is 1. The number of hydrogen-bond donors (Lipinski definition) is 1. The van der Waals surface area contributed by atoms with Crippen molar-refractivity contribution in [1.29, 1.82) is 0 Å². The molecule has 0 heterocycles. The van der Waals surface area contributed by atoms with Gasteiger partial charge in [0, 0.05) is 32.5 Å².